The van der Waals surface area contributed by atoms with Crippen molar-refractivity contribution in [2.45, 2.75) is 10.9 Å². The van der Waals surface area contributed by atoms with Crippen LogP contribution in [0.3, 0.4) is 0 Å². The van der Waals surface area contributed by atoms with Crippen LogP contribution in [0.25, 0.3) is 0 Å². The van der Waals surface area contributed by atoms with Crippen molar-refractivity contribution < 1.29 is 18.3 Å². The number of nitrogens with zero attached hydrogens (tertiary/aromatic N) is 2. The zero-order valence-corrected chi connectivity index (χ0v) is 15.9. The monoisotopic (exact) mass is 388 g/mol. The first-order chi connectivity index (χ1) is 13.0. The zero-order chi connectivity index (χ0) is 19.3. The molecule has 6 nitrogen and oxygen atoms in total. The summed E-state index contributed by atoms with van der Waals surface area (Å²) in [5.74, 6) is -0.838. The van der Waals surface area contributed by atoms with Gasteiger partial charge in [-0.3, -0.25) is 14.6 Å². The second-order valence-corrected chi connectivity index (χ2v) is 8.76. The molecule has 3 rings (SSSR count). The van der Waals surface area contributed by atoms with Gasteiger partial charge in [-0.15, -0.1) is 0 Å². The molecule has 144 valence electrons. The van der Waals surface area contributed by atoms with E-state index in [9.17, 15) is 13.2 Å². The van der Waals surface area contributed by atoms with Crippen molar-refractivity contribution in [3.63, 3.8) is 0 Å². The van der Waals surface area contributed by atoms with Crippen LogP contribution >= 0.6 is 0 Å². The fourth-order valence-corrected chi connectivity index (χ4v) is 5.03. The molecule has 1 aliphatic rings. The summed E-state index contributed by atoms with van der Waals surface area (Å²) in [6.45, 7) is 2.52. The Bertz CT molecular complexity index is 848. The van der Waals surface area contributed by atoms with Gasteiger partial charge < -0.3 is 5.11 Å². The number of carbonyl (C=O) groups is 1. The molecule has 2 aromatic carbocycles. The highest BCUT2D eigenvalue weighted by Gasteiger charge is 2.30. The standard InChI is InChI=1S/C20H24N2O4S/c23-20(24)15-21-11-13-22(14-12-21)19(17-7-3-1-4-8-17)16-27(25,26)18-9-5-2-6-10-18/h1-10,19H,11-16H2,(H,23,24)/t19-/m0/s1. The number of carboxylic acid groups (broad SMARTS) is 1. The third kappa shape index (κ3) is 5.15. The van der Waals surface area contributed by atoms with Gasteiger partial charge >= 0.3 is 5.97 Å². The van der Waals surface area contributed by atoms with Crippen molar-refractivity contribution in [2.24, 2.45) is 0 Å². The van der Waals surface area contributed by atoms with Crippen LogP contribution in [0.15, 0.2) is 65.6 Å². The summed E-state index contributed by atoms with van der Waals surface area (Å²) in [5, 5.41) is 8.96. The molecule has 0 aromatic heterocycles. The van der Waals surface area contributed by atoms with Crippen LogP contribution in [0.4, 0.5) is 0 Å². The summed E-state index contributed by atoms with van der Waals surface area (Å²) in [4.78, 5) is 15.3. The normalized spacial score (nSPS) is 17.5. The first kappa shape index (κ1) is 19.5. The molecule has 1 N–H and O–H groups in total. The number of hydrogen-bond donors (Lipinski definition) is 1. The number of carboxylic acids is 1. The molecule has 0 radical (unpaired) electrons. The maximum atomic E-state index is 13.0. The smallest absolute Gasteiger partial charge is 0.317 e. The largest absolute Gasteiger partial charge is 0.480 e. The van der Waals surface area contributed by atoms with Gasteiger partial charge in [0.2, 0.25) is 0 Å². The van der Waals surface area contributed by atoms with Crippen LogP contribution in [0.1, 0.15) is 11.6 Å². The van der Waals surface area contributed by atoms with Gasteiger partial charge in [-0.25, -0.2) is 8.42 Å². The van der Waals surface area contributed by atoms with Crippen LogP contribution in [0.5, 0.6) is 0 Å². The van der Waals surface area contributed by atoms with E-state index in [4.69, 9.17) is 5.11 Å². The molecule has 0 unspecified atom stereocenters. The summed E-state index contributed by atoms with van der Waals surface area (Å²) in [6.07, 6.45) is 0. The van der Waals surface area contributed by atoms with Crippen LogP contribution in [0.2, 0.25) is 0 Å². The molecule has 2 aromatic rings. The minimum Gasteiger partial charge on any atom is -0.480 e. The fraction of sp³-hybridized carbons (Fsp3) is 0.350. The maximum absolute atomic E-state index is 13.0. The van der Waals surface area contributed by atoms with Gasteiger partial charge in [0.25, 0.3) is 0 Å². The molecule has 7 heteroatoms. The maximum Gasteiger partial charge on any atom is 0.317 e. The average Bonchev–Trinajstić information content (AvgIpc) is 2.68. The van der Waals surface area contributed by atoms with Crippen molar-refractivity contribution in [3.05, 3.63) is 66.2 Å². The number of hydrogen-bond acceptors (Lipinski definition) is 5. The van der Waals surface area contributed by atoms with Crippen LogP contribution in [-0.4, -0.2) is 67.8 Å². The summed E-state index contributed by atoms with van der Waals surface area (Å²) in [5.41, 5.74) is 0.962. The molecule has 0 amide bonds. The van der Waals surface area contributed by atoms with Crippen molar-refractivity contribution in [3.8, 4) is 0 Å². The van der Waals surface area contributed by atoms with E-state index in [1.54, 1.807) is 30.3 Å². The third-order valence-electron chi connectivity index (χ3n) is 4.87. The minimum atomic E-state index is -3.44. The third-order valence-corrected chi connectivity index (χ3v) is 6.62. The lowest BCUT2D eigenvalue weighted by Gasteiger charge is -2.39. The Morgan fingerprint density at radius 2 is 1.48 bits per heavy atom. The lowest BCUT2D eigenvalue weighted by molar-refractivity contribution is -0.138. The Kier molecular flexibility index (Phi) is 6.26. The van der Waals surface area contributed by atoms with Gasteiger partial charge in [0.05, 0.1) is 17.2 Å². The van der Waals surface area contributed by atoms with Crippen LogP contribution in [0, 0.1) is 0 Å². The van der Waals surface area contributed by atoms with E-state index in [2.05, 4.69) is 4.90 Å². The summed E-state index contributed by atoms with van der Waals surface area (Å²) >= 11 is 0. The van der Waals surface area contributed by atoms with Gasteiger partial charge in [0.1, 0.15) is 0 Å². The van der Waals surface area contributed by atoms with Crippen molar-refractivity contribution >= 4 is 15.8 Å². The Hall–Kier alpha value is -2.22. The summed E-state index contributed by atoms with van der Waals surface area (Å²) in [7, 11) is -3.44. The fourth-order valence-electron chi connectivity index (χ4n) is 3.44. The SMILES string of the molecule is O=C(O)CN1CCN([C@@H](CS(=O)(=O)c2ccccc2)c2ccccc2)CC1. The Balaban J connectivity index is 1.80. The van der Waals surface area contributed by atoms with E-state index < -0.39 is 15.8 Å². The zero-order valence-electron chi connectivity index (χ0n) is 15.1. The minimum absolute atomic E-state index is 0.0000424. The predicted molar refractivity (Wildman–Crippen MR) is 103 cm³/mol. The highest BCUT2D eigenvalue weighted by Crippen LogP contribution is 2.26. The Labute approximate surface area is 160 Å². The number of benzene rings is 2. The molecule has 0 aliphatic carbocycles. The summed E-state index contributed by atoms with van der Waals surface area (Å²) in [6, 6.07) is 17.9. The second kappa shape index (κ2) is 8.65. The highest BCUT2D eigenvalue weighted by molar-refractivity contribution is 7.91. The number of aliphatic carboxylic acids is 1. The van der Waals surface area contributed by atoms with E-state index in [0.29, 0.717) is 31.1 Å². The van der Waals surface area contributed by atoms with Gasteiger partial charge in [0, 0.05) is 32.2 Å². The molecule has 0 saturated carbocycles. The average molecular weight is 388 g/mol. The molecular formula is C20H24N2O4S. The topological polar surface area (TPSA) is 77.9 Å². The Morgan fingerprint density at radius 3 is 2.04 bits per heavy atom. The van der Waals surface area contributed by atoms with Gasteiger partial charge in [-0.1, -0.05) is 48.5 Å². The van der Waals surface area contributed by atoms with Crippen molar-refractivity contribution in [2.75, 3.05) is 38.5 Å². The second-order valence-electron chi connectivity index (χ2n) is 6.73. The molecule has 1 saturated heterocycles. The van der Waals surface area contributed by atoms with Gasteiger partial charge in [0.15, 0.2) is 9.84 Å². The highest BCUT2D eigenvalue weighted by atomic mass is 32.2. The molecule has 1 aliphatic heterocycles. The first-order valence-electron chi connectivity index (χ1n) is 8.97. The van der Waals surface area contributed by atoms with E-state index in [1.165, 1.54) is 0 Å². The van der Waals surface area contributed by atoms with E-state index >= 15 is 0 Å². The lowest BCUT2D eigenvalue weighted by Crippen LogP contribution is -2.50. The number of rotatable bonds is 7. The van der Waals surface area contributed by atoms with E-state index in [1.807, 2.05) is 35.2 Å². The molecule has 1 fully saturated rings. The molecule has 1 heterocycles. The van der Waals surface area contributed by atoms with Gasteiger partial charge in [-0.05, 0) is 17.7 Å². The number of piperazine rings is 1. The first-order valence-corrected chi connectivity index (χ1v) is 10.6. The van der Waals surface area contributed by atoms with Crippen LogP contribution < -0.4 is 0 Å². The van der Waals surface area contributed by atoms with Crippen molar-refractivity contribution in [1.82, 2.24) is 9.80 Å². The molecule has 0 spiro atoms. The van der Waals surface area contributed by atoms with E-state index in [-0.39, 0.29) is 18.3 Å². The predicted octanol–water partition coefficient (Wildman–Crippen LogP) is 1.90. The van der Waals surface area contributed by atoms with E-state index in [0.717, 1.165) is 5.56 Å². The molecular weight excluding hydrogens is 364 g/mol. The van der Waals surface area contributed by atoms with Crippen LogP contribution in [-0.2, 0) is 14.6 Å². The molecule has 27 heavy (non-hydrogen) atoms. The lowest BCUT2D eigenvalue weighted by atomic mass is 10.1. The number of sulfone groups is 1. The molecule has 0 bridgehead atoms. The molecule has 1 atom stereocenters. The van der Waals surface area contributed by atoms with Gasteiger partial charge in [-0.2, -0.15) is 0 Å². The van der Waals surface area contributed by atoms with Crippen molar-refractivity contribution in [1.29, 1.82) is 0 Å². The quantitative estimate of drug-likeness (QED) is 0.781. The summed E-state index contributed by atoms with van der Waals surface area (Å²) < 4.78 is 25.9. The Morgan fingerprint density at radius 1 is 0.926 bits per heavy atom.